The number of carbonyl (C=O) groups is 3. The molecule has 176 valence electrons. The number of fused-ring (bicyclic) bond motifs is 1. The molecule has 1 saturated heterocycles. The molecule has 1 aliphatic heterocycles. The van der Waals surface area contributed by atoms with Crippen molar-refractivity contribution in [2.75, 3.05) is 19.0 Å². The number of amides is 4. The van der Waals surface area contributed by atoms with Gasteiger partial charge in [0, 0.05) is 5.56 Å². The van der Waals surface area contributed by atoms with Crippen LogP contribution in [0.15, 0.2) is 66.7 Å². The number of ether oxygens (including phenoxy) is 1. The molecule has 4 amide bonds. The topological polar surface area (TPSA) is 129 Å². The number of aromatic nitrogens is 3. The average molecular weight is 470 g/mol. The number of urea groups is 1. The Morgan fingerprint density at radius 3 is 2.57 bits per heavy atom. The standard InChI is InChI=1S/C25H22N6O4/c1-25(16-10-12-17(35-2)13-11-16)22(33)31(24(34)28-25)14-20(32)26-23-27-21(29-30-23)19-9-5-7-15-6-3-4-8-18(15)19/h3-13H,14H2,1-2H3,(H,28,34)(H2,26,27,29,30,32). The second-order valence-corrected chi connectivity index (χ2v) is 8.26. The molecule has 0 spiro atoms. The van der Waals surface area contributed by atoms with Crippen molar-refractivity contribution in [3.05, 3.63) is 72.3 Å². The van der Waals surface area contributed by atoms with Gasteiger partial charge in [0.15, 0.2) is 5.82 Å². The SMILES string of the molecule is COc1ccc(C2(C)NC(=O)N(CC(=O)Nc3n[nH]c(-c4cccc5ccccc45)n3)C2=O)cc1. The number of carbonyl (C=O) groups excluding carboxylic acids is 3. The van der Waals surface area contributed by atoms with Gasteiger partial charge >= 0.3 is 6.03 Å². The molecule has 1 atom stereocenters. The van der Waals surface area contributed by atoms with Crippen molar-refractivity contribution in [2.45, 2.75) is 12.5 Å². The van der Waals surface area contributed by atoms with E-state index in [1.807, 2.05) is 42.5 Å². The van der Waals surface area contributed by atoms with Gasteiger partial charge in [0.1, 0.15) is 17.8 Å². The number of hydrogen-bond donors (Lipinski definition) is 3. The number of aromatic amines is 1. The molecular weight excluding hydrogens is 448 g/mol. The summed E-state index contributed by atoms with van der Waals surface area (Å²) in [6, 6.07) is 19.8. The van der Waals surface area contributed by atoms with Crippen LogP contribution in [0.4, 0.5) is 10.7 Å². The van der Waals surface area contributed by atoms with E-state index in [-0.39, 0.29) is 5.95 Å². The first-order valence-electron chi connectivity index (χ1n) is 10.9. The number of benzene rings is 3. The lowest BCUT2D eigenvalue weighted by molar-refractivity contribution is -0.133. The fourth-order valence-corrected chi connectivity index (χ4v) is 4.14. The first-order valence-corrected chi connectivity index (χ1v) is 10.9. The summed E-state index contributed by atoms with van der Waals surface area (Å²) in [5, 5.41) is 14.1. The van der Waals surface area contributed by atoms with Gasteiger partial charge < -0.3 is 10.1 Å². The van der Waals surface area contributed by atoms with Gasteiger partial charge in [-0.25, -0.2) is 4.79 Å². The highest BCUT2D eigenvalue weighted by molar-refractivity contribution is 6.10. The van der Waals surface area contributed by atoms with E-state index in [0.717, 1.165) is 21.2 Å². The summed E-state index contributed by atoms with van der Waals surface area (Å²) in [4.78, 5) is 43.5. The Bertz CT molecular complexity index is 1440. The van der Waals surface area contributed by atoms with Crippen LogP contribution >= 0.6 is 0 Å². The van der Waals surface area contributed by atoms with Gasteiger partial charge in [-0.15, -0.1) is 5.10 Å². The summed E-state index contributed by atoms with van der Waals surface area (Å²) in [5.41, 5.74) is 0.115. The Labute approximate surface area is 200 Å². The molecule has 4 aromatic rings. The predicted molar refractivity (Wildman–Crippen MR) is 129 cm³/mol. The Balaban J connectivity index is 1.29. The minimum Gasteiger partial charge on any atom is -0.497 e. The van der Waals surface area contributed by atoms with Crippen LogP contribution in [-0.4, -0.2) is 51.6 Å². The summed E-state index contributed by atoms with van der Waals surface area (Å²) in [5.74, 6) is 0.0204. The Morgan fingerprint density at radius 2 is 1.80 bits per heavy atom. The predicted octanol–water partition coefficient (Wildman–Crippen LogP) is 3.04. The lowest BCUT2D eigenvalue weighted by Gasteiger charge is -2.22. The fourth-order valence-electron chi connectivity index (χ4n) is 4.14. The highest BCUT2D eigenvalue weighted by atomic mass is 16.5. The number of hydrogen-bond acceptors (Lipinski definition) is 6. The van der Waals surface area contributed by atoms with Crippen LogP contribution < -0.4 is 15.4 Å². The van der Waals surface area contributed by atoms with Crippen LogP contribution in [0, 0.1) is 0 Å². The van der Waals surface area contributed by atoms with Crippen LogP contribution in [0.2, 0.25) is 0 Å². The van der Waals surface area contributed by atoms with Crippen molar-refractivity contribution in [3.63, 3.8) is 0 Å². The lowest BCUT2D eigenvalue weighted by atomic mass is 9.92. The van der Waals surface area contributed by atoms with Crippen LogP contribution in [-0.2, 0) is 15.1 Å². The van der Waals surface area contributed by atoms with Crippen molar-refractivity contribution in [1.82, 2.24) is 25.4 Å². The van der Waals surface area contributed by atoms with Gasteiger partial charge in [-0.1, -0.05) is 54.6 Å². The van der Waals surface area contributed by atoms with E-state index >= 15 is 0 Å². The van der Waals surface area contributed by atoms with Crippen LogP contribution in [0.1, 0.15) is 12.5 Å². The highest BCUT2D eigenvalue weighted by Gasteiger charge is 2.49. The zero-order valence-corrected chi connectivity index (χ0v) is 19.0. The van der Waals surface area contributed by atoms with Crippen molar-refractivity contribution in [2.24, 2.45) is 0 Å². The van der Waals surface area contributed by atoms with Crippen LogP contribution in [0.25, 0.3) is 22.2 Å². The minimum absolute atomic E-state index is 0.0444. The van der Waals surface area contributed by atoms with Gasteiger partial charge in [0.25, 0.3) is 5.91 Å². The van der Waals surface area contributed by atoms with Crippen molar-refractivity contribution >= 4 is 34.6 Å². The van der Waals surface area contributed by atoms with Gasteiger partial charge in [-0.05, 0) is 35.4 Å². The molecule has 10 heteroatoms. The fraction of sp³-hybridized carbons (Fsp3) is 0.160. The van der Waals surface area contributed by atoms with E-state index in [1.54, 1.807) is 38.3 Å². The third-order valence-corrected chi connectivity index (χ3v) is 6.03. The second-order valence-electron chi connectivity index (χ2n) is 8.26. The molecule has 35 heavy (non-hydrogen) atoms. The molecule has 3 aromatic carbocycles. The summed E-state index contributed by atoms with van der Waals surface area (Å²) >= 11 is 0. The van der Waals surface area contributed by atoms with E-state index < -0.39 is 29.9 Å². The van der Waals surface area contributed by atoms with Gasteiger partial charge in [-0.3, -0.25) is 24.9 Å². The molecule has 1 aromatic heterocycles. The molecule has 1 aliphatic rings. The molecule has 3 N–H and O–H groups in total. The minimum atomic E-state index is -1.30. The molecule has 1 fully saturated rings. The monoisotopic (exact) mass is 470 g/mol. The molecule has 2 heterocycles. The summed E-state index contributed by atoms with van der Waals surface area (Å²) in [6.07, 6.45) is 0. The number of nitrogens with one attached hydrogen (secondary N) is 3. The molecule has 0 bridgehead atoms. The summed E-state index contributed by atoms with van der Waals surface area (Å²) in [6.45, 7) is 1.12. The third kappa shape index (κ3) is 3.95. The lowest BCUT2D eigenvalue weighted by Crippen LogP contribution is -2.42. The number of imide groups is 1. The Hall–Kier alpha value is -4.73. The van der Waals surface area contributed by atoms with Crippen LogP contribution in [0.3, 0.4) is 0 Å². The van der Waals surface area contributed by atoms with Gasteiger partial charge in [-0.2, -0.15) is 4.98 Å². The molecule has 10 nitrogen and oxygen atoms in total. The van der Waals surface area contributed by atoms with Crippen molar-refractivity contribution in [1.29, 1.82) is 0 Å². The molecule has 1 unspecified atom stereocenters. The second kappa shape index (κ2) is 8.56. The summed E-state index contributed by atoms with van der Waals surface area (Å²) in [7, 11) is 1.54. The Kier molecular flexibility index (Phi) is 5.40. The van der Waals surface area contributed by atoms with E-state index in [1.165, 1.54) is 0 Å². The number of methoxy groups -OCH3 is 1. The van der Waals surface area contributed by atoms with Gasteiger partial charge in [0.05, 0.1) is 7.11 Å². The summed E-state index contributed by atoms with van der Waals surface area (Å²) < 4.78 is 5.14. The maximum Gasteiger partial charge on any atom is 0.325 e. The third-order valence-electron chi connectivity index (χ3n) is 6.03. The van der Waals surface area contributed by atoms with E-state index in [4.69, 9.17) is 4.74 Å². The van der Waals surface area contributed by atoms with Crippen molar-refractivity contribution in [3.8, 4) is 17.1 Å². The first kappa shape index (κ1) is 22.1. The van der Waals surface area contributed by atoms with E-state index in [0.29, 0.717) is 17.1 Å². The largest absolute Gasteiger partial charge is 0.497 e. The van der Waals surface area contributed by atoms with Crippen LogP contribution in [0.5, 0.6) is 5.75 Å². The van der Waals surface area contributed by atoms with Crippen molar-refractivity contribution < 1.29 is 19.1 Å². The molecule has 5 rings (SSSR count). The molecule has 0 aliphatic carbocycles. The molecule has 0 saturated carbocycles. The number of H-pyrrole nitrogens is 1. The first-order chi connectivity index (χ1) is 16.9. The van der Waals surface area contributed by atoms with E-state index in [9.17, 15) is 14.4 Å². The zero-order chi connectivity index (χ0) is 24.6. The Morgan fingerprint density at radius 1 is 1.06 bits per heavy atom. The maximum absolute atomic E-state index is 13.1. The molecular formula is C25H22N6O4. The van der Waals surface area contributed by atoms with E-state index in [2.05, 4.69) is 25.8 Å². The number of anilines is 1. The number of nitrogens with zero attached hydrogens (tertiary/aromatic N) is 3. The smallest absolute Gasteiger partial charge is 0.325 e. The normalized spacial score (nSPS) is 17.5. The maximum atomic E-state index is 13.1. The van der Waals surface area contributed by atoms with Gasteiger partial charge in [0.2, 0.25) is 11.9 Å². The highest BCUT2D eigenvalue weighted by Crippen LogP contribution is 2.30. The molecule has 0 radical (unpaired) electrons. The quantitative estimate of drug-likeness (QED) is 0.372. The number of rotatable bonds is 6. The average Bonchev–Trinajstić information content (AvgIpc) is 3.42. The zero-order valence-electron chi connectivity index (χ0n) is 19.0.